The predicted molar refractivity (Wildman–Crippen MR) is 86.2 cm³/mol. The van der Waals surface area contributed by atoms with Crippen LogP contribution in [0.15, 0.2) is 70.9 Å². The Morgan fingerprint density at radius 3 is 1.35 bits per heavy atom. The topological polar surface area (TPSA) is 99.3 Å². The third-order valence-electron chi connectivity index (χ3n) is 2.57. The van der Waals surface area contributed by atoms with Crippen molar-refractivity contribution in [2.24, 2.45) is 10.2 Å². The standard InChI is InChI=1S/C12H10N2.C5H8O4/c1-3-7-11(8-4-1)13-14-12-9-5-2-6-10-12;6-4(7)2-1-3-5(8)9/h1-10H;1-3H2,(H,6,7)(H,8,9). The Balaban J connectivity index is 0.000000257. The highest BCUT2D eigenvalue weighted by molar-refractivity contribution is 5.69. The van der Waals surface area contributed by atoms with Crippen LogP contribution in [0.4, 0.5) is 11.4 Å². The summed E-state index contributed by atoms with van der Waals surface area (Å²) in [7, 11) is 0. The average molecular weight is 314 g/mol. The molecule has 0 saturated carbocycles. The van der Waals surface area contributed by atoms with E-state index in [1.807, 2.05) is 60.7 Å². The summed E-state index contributed by atoms with van der Waals surface area (Å²) in [5.41, 5.74) is 1.74. The van der Waals surface area contributed by atoms with Gasteiger partial charge in [-0.25, -0.2) is 0 Å². The fourth-order valence-electron chi connectivity index (χ4n) is 1.50. The van der Waals surface area contributed by atoms with Crippen LogP contribution in [-0.2, 0) is 9.59 Å². The number of benzene rings is 2. The quantitative estimate of drug-likeness (QED) is 0.770. The van der Waals surface area contributed by atoms with Gasteiger partial charge in [-0.2, -0.15) is 10.2 Å². The molecule has 0 radical (unpaired) electrons. The largest absolute Gasteiger partial charge is 0.481 e. The van der Waals surface area contributed by atoms with Gasteiger partial charge in [0.1, 0.15) is 0 Å². The summed E-state index contributed by atoms with van der Waals surface area (Å²) in [5.74, 6) is -1.90. The Morgan fingerprint density at radius 2 is 1.04 bits per heavy atom. The Kier molecular flexibility index (Phi) is 8.36. The zero-order chi connectivity index (χ0) is 16.9. The number of aliphatic carboxylic acids is 2. The SMILES string of the molecule is O=C(O)CCCC(=O)O.c1ccc(N=Nc2ccccc2)cc1. The lowest BCUT2D eigenvalue weighted by Crippen LogP contribution is -1.98. The third kappa shape index (κ3) is 9.52. The summed E-state index contributed by atoms with van der Waals surface area (Å²) in [5, 5.41) is 24.3. The number of azo groups is 1. The summed E-state index contributed by atoms with van der Waals surface area (Å²) in [4.78, 5) is 19.6. The molecule has 2 N–H and O–H groups in total. The first kappa shape index (κ1) is 18.0. The van der Waals surface area contributed by atoms with Crippen molar-refractivity contribution in [2.45, 2.75) is 19.3 Å². The second kappa shape index (κ2) is 10.7. The summed E-state index contributed by atoms with van der Waals surface area (Å²) < 4.78 is 0. The summed E-state index contributed by atoms with van der Waals surface area (Å²) in [6, 6.07) is 19.4. The van der Waals surface area contributed by atoms with Crippen LogP contribution in [0.1, 0.15) is 19.3 Å². The minimum atomic E-state index is -0.948. The van der Waals surface area contributed by atoms with Crippen LogP contribution in [0.3, 0.4) is 0 Å². The molecule has 0 spiro atoms. The van der Waals surface area contributed by atoms with E-state index in [1.165, 1.54) is 0 Å². The lowest BCUT2D eigenvalue weighted by atomic mass is 10.2. The monoisotopic (exact) mass is 314 g/mol. The van der Waals surface area contributed by atoms with Crippen LogP contribution < -0.4 is 0 Å². The third-order valence-corrected chi connectivity index (χ3v) is 2.57. The Morgan fingerprint density at radius 1 is 0.696 bits per heavy atom. The second-order valence-corrected chi connectivity index (χ2v) is 4.51. The van der Waals surface area contributed by atoms with Crippen LogP contribution in [0.25, 0.3) is 0 Å². The molecule has 2 aromatic carbocycles. The maximum Gasteiger partial charge on any atom is 0.303 e. The molecule has 0 amide bonds. The van der Waals surface area contributed by atoms with Crippen LogP contribution in [0.5, 0.6) is 0 Å². The molecule has 23 heavy (non-hydrogen) atoms. The van der Waals surface area contributed by atoms with Gasteiger partial charge in [0, 0.05) is 12.8 Å². The molecule has 0 aromatic heterocycles. The van der Waals surface area contributed by atoms with Gasteiger partial charge < -0.3 is 10.2 Å². The number of carbonyl (C=O) groups is 2. The van der Waals surface area contributed by atoms with Gasteiger partial charge in [-0.05, 0) is 30.7 Å². The fraction of sp³-hybridized carbons (Fsp3) is 0.176. The van der Waals surface area contributed by atoms with E-state index in [4.69, 9.17) is 10.2 Å². The van der Waals surface area contributed by atoms with Crippen LogP contribution in [0.2, 0.25) is 0 Å². The zero-order valence-electron chi connectivity index (χ0n) is 12.5. The van der Waals surface area contributed by atoms with E-state index < -0.39 is 11.9 Å². The highest BCUT2D eigenvalue weighted by Gasteiger charge is 1.99. The van der Waals surface area contributed by atoms with Gasteiger partial charge in [0.15, 0.2) is 0 Å². The maximum atomic E-state index is 9.79. The first-order chi connectivity index (χ1) is 11.1. The molecule has 0 heterocycles. The van der Waals surface area contributed by atoms with Crippen molar-refractivity contribution in [3.05, 3.63) is 60.7 Å². The molecule has 0 aliphatic carbocycles. The molecule has 0 saturated heterocycles. The first-order valence-corrected chi connectivity index (χ1v) is 7.03. The molecule has 2 aromatic rings. The highest BCUT2D eigenvalue weighted by Crippen LogP contribution is 2.16. The Hall–Kier alpha value is -3.02. The highest BCUT2D eigenvalue weighted by atomic mass is 16.4. The number of hydrogen-bond acceptors (Lipinski definition) is 4. The number of rotatable bonds is 6. The van der Waals surface area contributed by atoms with Crippen molar-refractivity contribution in [3.8, 4) is 0 Å². The van der Waals surface area contributed by atoms with E-state index in [0.717, 1.165) is 11.4 Å². The molecule has 0 atom stereocenters. The van der Waals surface area contributed by atoms with E-state index in [2.05, 4.69) is 10.2 Å². The minimum Gasteiger partial charge on any atom is -0.481 e. The van der Waals surface area contributed by atoms with Crippen molar-refractivity contribution in [2.75, 3.05) is 0 Å². The van der Waals surface area contributed by atoms with Crippen molar-refractivity contribution in [3.63, 3.8) is 0 Å². The summed E-state index contributed by atoms with van der Waals surface area (Å²) in [6.45, 7) is 0. The smallest absolute Gasteiger partial charge is 0.303 e. The van der Waals surface area contributed by atoms with Crippen LogP contribution in [0, 0.1) is 0 Å². The van der Waals surface area contributed by atoms with Crippen molar-refractivity contribution < 1.29 is 19.8 Å². The van der Waals surface area contributed by atoms with Gasteiger partial charge in [0.25, 0.3) is 0 Å². The molecule has 0 bridgehead atoms. The molecule has 0 aliphatic rings. The lowest BCUT2D eigenvalue weighted by molar-refractivity contribution is -0.138. The number of nitrogens with zero attached hydrogens (tertiary/aromatic N) is 2. The summed E-state index contributed by atoms with van der Waals surface area (Å²) in [6.07, 6.45) is 0.0866. The van der Waals surface area contributed by atoms with Crippen LogP contribution >= 0.6 is 0 Å². The lowest BCUT2D eigenvalue weighted by Gasteiger charge is -1.91. The summed E-state index contributed by atoms with van der Waals surface area (Å²) >= 11 is 0. The molecule has 2 rings (SSSR count). The van der Waals surface area contributed by atoms with E-state index in [1.54, 1.807) is 0 Å². The molecule has 6 heteroatoms. The van der Waals surface area contributed by atoms with E-state index in [-0.39, 0.29) is 19.3 Å². The molecular weight excluding hydrogens is 296 g/mol. The van der Waals surface area contributed by atoms with E-state index >= 15 is 0 Å². The average Bonchev–Trinajstić information content (AvgIpc) is 2.55. The normalized spacial score (nSPS) is 9.91. The molecule has 120 valence electrons. The van der Waals surface area contributed by atoms with Crippen molar-refractivity contribution in [1.29, 1.82) is 0 Å². The Labute approximate surface area is 134 Å². The van der Waals surface area contributed by atoms with Gasteiger partial charge in [0.05, 0.1) is 11.4 Å². The van der Waals surface area contributed by atoms with Crippen LogP contribution in [-0.4, -0.2) is 22.2 Å². The molecule has 0 fully saturated rings. The van der Waals surface area contributed by atoms with Gasteiger partial charge in [-0.3, -0.25) is 9.59 Å². The second-order valence-electron chi connectivity index (χ2n) is 4.51. The number of carboxylic acids is 2. The van der Waals surface area contributed by atoms with Gasteiger partial charge >= 0.3 is 11.9 Å². The van der Waals surface area contributed by atoms with Gasteiger partial charge in [-0.15, -0.1) is 0 Å². The Bertz CT molecular complexity index is 572. The number of carboxylic acid groups (broad SMARTS) is 2. The molecular formula is C17H18N2O4. The molecule has 0 aliphatic heterocycles. The van der Waals surface area contributed by atoms with Crippen molar-refractivity contribution in [1.82, 2.24) is 0 Å². The van der Waals surface area contributed by atoms with E-state index in [9.17, 15) is 9.59 Å². The van der Waals surface area contributed by atoms with E-state index in [0.29, 0.717) is 0 Å². The van der Waals surface area contributed by atoms with Gasteiger partial charge in [-0.1, -0.05) is 36.4 Å². The minimum absolute atomic E-state index is 0.0632. The van der Waals surface area contributed by atoms with Gasteiger partial charge in [0.2, 0.25) is 0 Å². The van der Waals surface area contributed by atoms with Crippen molar-refractivity contribution >= 4 is 23.3 Å². The maximum absolute atomic E-state index is 9.79. The zero-order valence-corrected chi connectivity index (χ0v) is 12.5. The molecule has 0 unspecified atom stereocenters. The predicted octanol–water partition coefficient (Wildman–Crippen LogP) is 4.43. The first-order valence-electron chi connectivity index (χ1n) is 7.03. The number of hydrogen-bond donors (Lipinski definition) is 2. The fourth-order valence-corrected chi connectivity index (χ4v) is 1.50. The molecule has 6 nitrogen and oxygen atoms in total.